The minimum Gasteiger partial charge on any atom is -0.338 e. The van der Waals surface area contributed by atoms with Crippen molar-refractivity contribution in [2.24, 2.45) is 0 Å². The zero-order chi connectivity index (χ0) is 15.4. The molecule has 5 heteroatoms. The number of carbonyl (C=O) groups is 1. The number of likely N-dealkylation sites (N-methyl/N-ethyl adjacent to an activating group) is 1. The number of hydrogen-bond donors (Lipinski definition) is 1. The highest BCUT2D eigenvalue weighted by molar-refractivity contribution is 6.35. The van der Waals surface area contributed by atoms with Gasteiger partial charge in [-0.1, -0.05) is 42.1 Å². The van der Waals surface area contributed by atoms with Crippen molar-refractivity contribution in [2.45, 2.75) is 44.7 Å². The minimum absolute atomic E-state index is 0.0763. The third-order valence-corrected chi connectivity index (χ3v) is 4.85. The quantitative estimate of drug-likeness (QED) is 0.884. The molecule has 1 unspecified atom stereocenters. The van der Waals surface area contributed by atoms with E-state index in [1.54, 1.807) is 17.0 Å². The van der Waals surface area contributed by atoms with Crippen molar-refractivity contribution in [3.63, 3.8) is 0 Å². The Morgan fingerprint density at radius 1 is 1.38 bits per heavy atom. The summed E-state index contributed by atoms with van der Waals surface area (Å²) in [4.78, 5) is 14.0. The van der Waals surface area contributed by atoms with Gasteiger partial charge in [0, 0.05) is 23.1 Å². The van der Waals surface area contributed by atoms with E-state index in [-0.39, 0.29) is 11.9 Å². The lowest BCUT2D eigenvalue weighted by atomic mass is 10.1. The molecule has 0 saturated heterocycles. The largest absolute Gasteiger partial charge is 0.338 e. The van der Waals surface area contributed by atoms with Crippen LogP contribution in [0.3, 0.4) is 0 Å². The summed E-state index contributed by atoms with van der Waals surface area (Å²) < 4.78 is 0. The summed E-state index contributed by atoms with van der Waals surface area (Å²) in [6.45, 7) is 2.36. The third kappa shape index (κ3) is 4.35. The molecular formula is C16H22Cl2N2O. The van der Waals surface area contributed by atoms with Gasteiger partial charge in [-0.25, -0.2) is 0 Å². The number of amides is 1. The smallest absolute Gasteiger partial charge is 0.236 e. The molecule has 1 aromatic rings. The molecule has 1 atom stereocenters. The Labute approximate surface area is 136 Å². The van der Waals surface area contributed by atoms with Crippen LogP contribution >= 0.6 is 23.2 Å². The second kappa shape index (κ2) is 7.48. The highest BCUT2D eigenvalue weighted by Gasteiger charge is 2.21. The van der Waals surface area contributed by atoms with Gasteiger partial charge < -0.3 is 10.2 Å². The molecule has 0 radical (unpaired) electrons. The van der Waals surface area contributed by atoms with Crippen LogP contribution in [0.15, 0.2) is 18.2 Å². The average Bonchev–Trinajstić information content (AvgIpc) is 2.96. The molecule has 1 N–H and O–H groups in total. The summed E-state index contributed by atoms with van der Waals surface area (Å²) in [5.74, 6) is 0.0837. The normalized spacial score (nSPS) is 17.0. The fourth-order valence-electron chi connectivity index (χ4n) is 2.75. The topological polar surface area (TPSA) is 32.3 Å². The van der Waals surface area contributed by atoms with Crippen molar-refractivity contribution in [1.82, 2.24) is 10.2 Å². The van der Waals surface area contributed by atoms with Crippen molar-refractivity contribution in [3.8, 4) is 0 Å². The molecule has 0 spiro atoms. The van der Waals surface area contributed by atoms with Crippen LogP contribution in [-0.4, -0.2) is 30.4 Å². The van der Waals surface area contributed by atoms with Gasteiger partial charge in [0.15, 0.2) is 0 Å². The first-order chi connectivity index (χ1) is 9.99. The number of nitrogens with zero attached hydrogens (tertiary/aromatic N) is 1. The maximum absolute atomic E-state index is 12.3. The Morgan fingerprint density at radius 2 is 2.05 bits per heavy atom. The van der Waals surface area contributed by atoms with Crippen LogP contribution in [0.2, 0.25) is 10.0 Å². The van der Waals surface area contributed by atoms with E-state index >= 15 is 0 Å². The summed E-state index contributed by atoms with van der Waals surface area (Å²) >= 11 is 12.1. The van der Waals surface area contributed by atoms with E-state index in [0.717, 1.165) is 5.56 Å². The van der Waals surface area contributed by atoms with E-state index in [1.807, 2.05) is 20.0 Å². The Hall–Kier alpha value is -0.770. The molecule has 1 saturated carbocycles. The Kier molecular flexibility index (Phi) is 5.91. The standard InChI is InChI=1S/C16H22Cl2N2O/c1-11(14-8-7-12(17)9-15(14)18)20(2)16(21)10-19-13-5-3-4-6-13/h7-9,11,13,19H,3-6,10H2,1-2H3. The molecule has 21 heavy (non-hydrogen) atoms. The van der Waals surface area contributed by atoms with E-state index in [1.165, 1.54) is 25.7 Å². The third-order valence-electron chi connectivity index (χ3n) is 4.28. The van der Waals surface area contributed by atoms with Gasteiger partial charge >= 0.3 is 0 Å². The van der Waals surface area contributed by atoms with Crippen LogP contribution in [0, 0.1) is 0 Å². The maximum Gasteiger partial charge on any atom is 0.236 e. The SMILES string of the molecule is CC(c1ccc(Cl)cc1Cl)N(C)C(=O)CNC1CCCC1. The summed E-state index contributed by atoms with van der Waals surface area (Å²) in [5, 5.41) is 4.55. The van der Waals surface area contributed by atoms with Crippen molar-refractivity contribution in [3.05, 3.63) is 33.8 Å². The lowest BCUT2D eigenvalue weighted by Crippen LogP contribution is -2.40. The van der Waals surface area contributed by atoms with Crippen LogP contribution < -0.4 is 5.32 Å². The van der Waals surface area contributed by atoms with E-state index in [4.69, 9.17) is 23.2 Å². The van der Waals surface area contributed by atoms with Gasteiger partial charge in [-0.3, -0.25) is 4.79 Å². The van der Waals surface area contributed by atoms with Crippen molar-refractivity contribution < 1.29 is 4.79 Å². The van der Waals surface area contributed by atoms with Crippen LogP contribution in [0.1, 0.15) is 44.2 Å². The summed E-state index contributed by atoms with van der Waals surface area (Å²) in [6, 6.07) is 5.81. The lowest BCUT2D eigenvalue weighted by molar-refractivity contribution is -0.131. The number of carbonyl (C=O) groups excluding carboxylic acids is 1. The number of rotatable bonds is 5. The van der Waals surface area contributed by atoms with Gasteiger partial charge in [-0.15, -0.1) is 0 Å². The van der Waals surface area contributed by atoms with Crippen LogP contribution in [0.5, 0.6) is 0 Å². The highest BCUT2D eigenvalue weighted by Crippen LogP contribution is 2.29. The van der Waals surface area contributed by atoms with Crippen LogP contribution in [0.4, 0.5) is 0 Å². The lowest BCUT2D eigenvalue weighted by Gasteiger charge is -2.27. The summed E-state index contributed by atoms with van der Waals surface area (Å²) in [6.07, 6.45) is 4.88. The fraction of sp³-hybridized carbons (Fsp3) is 0.562. The molecule has 0 aromatic heterocycles. The van der Waals surface area contributed by atoms with E-state index in [0.29, 0.717) is 22.6 Å². The number of nitrogens with one attached hydrogen (secondary N) is 1. The van der Waals surface area contributed by atoms with Crippen LogP contribution in [-0.2, 0) is 4.79 Å². The first-order valence-electron chi connectivity index (χ1n) is 7.43. The first kappa shape index (κ1) is 16.6. The average molecular weight is 329 g/mol. The Balaban J connectivity index is 1.93. The van der Waals surface area contributed by atoms with Crippen LogP contribution in [0.25, 0.3) is 0 Å². The number of benzene rings is 1. The second-order valence-corrected chi connectivity index (χ2v) is 6.55. The Morgan fingerprint density at radius 3 is 2.67 bits per heavy atom. The van der Waals surface area contributed by atoms with Gasteiger partial charge in [0.2, 0.25) is 5.91 Å². The zero-order valence-corrected chi connectivity index (χ0v) is 14.0. The summed E-state index contributed by atoms with van der Waals surface area (Å²) in [5.41, 5.74) is 0.915. The first-order valence-corrected chi connectivity index (χ1v) is 8.18. The molecule has 1 aliphatic carbocycles. The predicted octanol–water partition coefficient (Wildman–Crippen LogP) is 4.05. The van der Waals surface area contributed by atoms with E-state index in [2.05, 4.69) is 5.32 Å². The van der Waals surface area contributed by atoms with Crippen molar-refractivity contribution in [2.75, 3.05) is 13.6 Å². The summed E-state index contributed by atoms with van der Waals surface area (Å²) in [7, 11) is 1.81. The number of halogens is 2. The van der Waals surface area contributed by atoms with Gasteiger partial charge in [0.05, 0.1) is 12.6 Å². The highest BCUT2D eigenvalue weighted by atomic mass is 35.5. The molecule has 1 aliphatic rings. The van der Waals surface area contributed by atoms with Gasteiger partial charge in [-0.05, 0) is 37.5 Å². The molecule has 0 bridgehead atoms. The number of hydrogen-bond acceptors (Lipinski definition) is 2. The maximum atomic E-state index is 12.3. The molecule has 1 amide bonds. The molecule has 1 aromatic carbocycles. The van der Waals surface area contributed by atoms with Gasteiger partial charge in [0.1, 0.15) is 0 Å². The molecular weight excluding hydrogens is 307 g/mol. The van der Waals surface area contributed by atoms with Crippen molar-refractivity contribution in [1.29, 1.82) is 0 Å². The van der Waals surface area contributed by atoms with Gasteiger partial charge in [-0.2, -0.15) is 0 Å². The fourth-order valence-corrected chi connectivity index (χ4v) is 3.32. The monoisotopic (exact) mass is 328 g/mol. The zero-order valence-electron chi connectivity index (χ0n) is 12.5. The molecule has 3 nitrogen and oxygen atoms in total. The Bertz CT molecular complexity index is 501. The molecule has 2 rings (SSSR count). The second-order valence-electron chi connectivity index (χ2n) is 5.71. The van der Waals surface area contributed by atoms with Gasteiger partial charge in [0.25, 0.3) is 0 Å². The minimum atomic E-state index is -0.0763. The molecule has 0 aliphatic heterocycles. The predicted molar refractivity (Wildman–Crippen MR) is 87.9 cm³/mol. The molecule has 116 valence electrons. The van der Waals surface area contributed by atoms with Crippen molar-refractivity contribution >= 4 is 29.1 Å². The molecule has 0 heterocycles. The van der Waals surface area contributed by atoms with E-state index in [9.17, 15) is 4.79 Å². The molecule has 1 fully saturated rings. The van der Waals surface area contributed by atoms with E-state index < -0.39 is 0 Å².